The van der Waals surface area contributed by atoms with E-state index in [0.29, 0.717) is 17.2 Å². The van der Waals surface area contributed by atoms with Gasteiger partial charge in [-0.2, -0.15) is 4.98 Å². The van der Waals surface area contributed by atoms with Crippen LogP contribution in [0.15, 0.2) is 69.9 Å². The Morgan fingerprint density at radius 1 is 0.909 bits per heavy atom. The quantitative estimate of drug-likeness (QED) is 0.726. The Labute approximate surface area is 128 Å². The number of benzene rings is 2. The Morgan fingerprint density at radius 2 is 1.55 bits per heavy atom. The van der Waals surface area contributed by atoms with Gasteiger partial charge in [0.1, 0.15) is 5.76 Å². The highest BCUT2D eigenvalue weighted by atomic mass is 16.3. The first-order valence-corrected chi connectivity index (χ1v) is 7.04. The number of aryl methyl sites for hydroxylation is 1. The Balaban J connectivity index is 1.97. The molecule has 0 aliphatic heterocycles. The van der Waals surface area contributed by atoms with Crippen LogP contribution in [0.1, 0.15) is 17.2 Å². The third-order valence-electron chi connectivity index (χ3n) is 3.32. The Kier molecular flexibility index (Phi) is 3.97. The lowest BCUT2D eigenvalue weighted by atomic mass is 10.1. The maximum Gasteiger partial charge on any atom is 0.284 e. The molecule has 0 aliphatic carbocycles. The van der Waals surface area contributed by atoms with Gasteiger partial charge in [0.2, 0.25) is 5.89 Å². The Hall–Kier alpha value is -2.94. The molecule has 3 rings (SSSR count). The van der Waals surface area contributed by atoms with E-state index < -0.39 is 0 Å². The normalized spacial score (nSPS) is 11.0. The fraction of sp³-hybridized carbons (Fsp3) is 0.0526. The fourth-order valence-electron chi connectivity index (χ4n) is 2.27. The summed E-state index contributed by atoms with van der Waals surface area (Å²) in [4.78, 5) is 16.3. The molecule has 3 aromatic rings. The lowest BCUT2D eigenvalue weighted by molar-refractivity contribution is 0.485. The fourth-order valence-corrected chi connectivity index (χ4v) is 2.27. The van der Waals surface area contributed by atoms with E-state index in [1.807, 2.05) is 66.7 Å². The summed E-state index contributed by atoms with van der Waals surface area (Å²) in [5.41, 5.74) is 2.08. The van der Waals surface area contributed by atoms with E-state index in [0.717, 1.165) is 11.1 Å². The summed E-state index contributed by atoms with van der Waals surface area (Å²) in [6.07, 6.45) is 3.57. The van der Waals surface area contributed by atoms with Gasteiger partial charge in [0.15, 0.2) is 0 Å². The highest BCUT2D eigenvalue weighted by Crippen LogP contribution is 2.19. The molecule has 108 valence electrons. The smallest absolute Gasteiger partial charge is 0.284 e. The molecule has 0 unspecified atom stereocenters. The van der Waals surface area contributed by atoms with Crippen molar-refractivity contribution in [3.05, 3.63) is 88.2 Å². The van der Waals surface area contributed by atoms with Crippen molar-refractivity contribution in [2.24, 2.45) is 0 Å². The van der Waals surface area contributed by atoms with Crippen LogP contribution in [-0.4, -0.2) is 4.98 Å². The van der Waals surface area contributed by atoms with Crippen molar-refractivity contribution < 1.29 is 4.42 Å². The van der Waals surface area contributed by atoms with Crippen molar-refractivity contribution >= 4 is 12.2 Å². The summed E-state index contributed by atoms with van der Waals surface area (Å²) in [5, 5.41) is 0. The van der Waals surface area contributed by atoms with Gasteiger partial charge in [-0.3, -0.25) is 4.79 Å². The van der Waals surface area contributed by atoms with Gasteiger partial charge in [-0.15, -0.1) is 0 Å². The second-order valence-corrected chi connectivity index (χ2v) is 4.90. The average Bonchev–Trinajstić information content (AvgIpc) is 2.54. The third-order valence-corrected chi connectivity index (χ3v) is 3.32. The summed E-state index contributed by atoms with van der Waals surface area (Å²) in [6, 6.07) is 19.2. The van der Waals surface area contributed by atoms with E-state index in [-0.39, 0.29) is 5.56 Å². The van der Waals surface area contributed by atoms with Crippen LogP contribution >= 0.6 is 0 Å². The van der Waals surface area contributed by atoms with Gasteiger partial charge in [0, 0.05) is 6.08 Å². The molecule has 3 nitrogen and oxygen atoms in total. The standard InChI is InChI=1S/C19H15NO2/c1-14-18(16-10-6-3-7-11-16)19(21)20-17(22-14)13-12-15-8-4-2-5-9-15/h2-13H,1H3. The first-order chi connectivity index (χ1) is 10.7. The monoisotopic (exact) mass is 289 g/mol. The first-order valence-electron chi connectivity index (χ1n) is 7.04. The van der Waals surface area contributed by atoms with Crippen LogP contribution in [-0.2, 0) is 0 Å². The van der Waals surface area contributed by atoms with Crippen molar-refractivity contribution in [3.8, 4) is 11.1 Å². The van der Waals surface area contributed by atoms with Crippen molar-refractivity contribution in [2.45, 2.75) is 6.92 Å². The minimum absolute atomic E-state index is 0.275. The zero-order valence-electron chi connectivity index (χ0n) is 12.2. The Bertz CT molecular complexity index is 850. The van der Waals surface area contributed by atoms with Gasteiger partial charge in [-0.1, -0.05) is 60.7 Å². The number of hydrogen-bond acceptors (Lipinski definition) is 3. The van der Waals surface area contributed by atoms with Crippen LogP contribution in [0.3, 0.4) is 0 Å². The predicted molar refractivity (Wildman–Crippen MR) is 88.3 cm³/mol. The highest BCUT2D eigenvalue weighted by molar-refractivity contribution is 5.67. The SMILES string of the molecule is Cc1oc(C=Cc2ccccc2)nc(=O)c1-c1ccccc1. The van der Waals surface area contributed by atoms with Crippen molar-refractivity contribution in [3.63, 3.8) is 0 Å². The Morgan fingerprint density at radius 3 is 2.18 bits per heavy atom. The van der Waals surface area contributed by atoms with E-state index in [4.69, 9.17) is 4.42 Å². The van der Waals surface area contributed by atoms with Crippen LogP contribution < -0.4 is 5.56 Å². The first kappa shape index (κ1) is 14.0. The van der Waals surface area contributed by atoms with Gasteiger partial charge in [0.05, 0.1) is 5.56 Å². The van der Waals surface area contributed by atoms with E-state index in [9.17, 15) is 4.79 Å². The molecule has 0 radical (unpaired) electrons. The third kappa shape index (κ3) is 3.04. The molecular weight excluding hydrogens is 274 g/mol. The topological polar surface area (TPSA) is 43.1 Å². The lowest BCUT2D eigenvalue weighted by Crippen LogP contribution is -2.11. The number of rotatable bonds is 3. The van der Waals surface area contributed by atoms with Crippen LogP contribution in [0.25, 0.3) is 23.3 Å². The zero-order chi connectivity index (χ0) is 15.4. The van der Waals surface area contributed by atoms with E-state index >= 15 is 0 Å². The molecule has 0 bridgehead atoms. The minimum Gasteiger partial charge on any atom is -0.443 e. The molecule has 3 heteroatoms. The van der Waals surface area contributed by atoms with Crippen molar-refractivity contribution in [1.82, 2.24) is 4.98 Å². The van der Waals surface area contributed by atoms with E-state index in [1.165, 1.54) is 0 Å². The molecule has 22 heavy (non-hydrogen) atoms. The highest BCUT2D eigenvalue weighted by Gasteiger charge is 2.11. The molecule has 1 aromatic heterocycles. The van der Waals surface area contributed by atoms with Gasteiger partial charge < -0.3 is 4.42 Å². The molecular formula is C19H15NO2. The second kappa shape index (κ2) is 6.22. The molecule has 2 aromatic carbocycles. The zero-order valence-corrected chi connectivity index (χ0v) is 12.2. The summed E-state index contributed by atoms with van der Waals surface area (Å²) in [5.74, 6) is 0.880. The molecule has 0 amide bonds. The van der Waals surface area contributed by atoms with Crippen LogP contribution in [0.4, 0.5) is 0 Å². The van der Waals surface area contributed by atoms with Gasteiger partial charge in [-0.25, -0.2) is 0 Å². The lowest BCUT2D eigenvalue weighted by Gasteiger charge is -2.04. The van der Waals surface area contributed by atoms with Crippen LogP contribution in [0, 0.1) is 6.92 Å². The second-order valence-electron chi connectivity index (χ2n) is 4.90. The summed E-state index contributed by atoms with van der Waals surface area (Å²) in [7, 11) is 0. The molecule has 0 saturated carbocycles. The van der Waals surface area contributed by atoms with Gasteiger partial charge in [0.25, 0.3) is 5.56 Å². The van der Waals surface area contributed by atoms with Gasteiger partial charge in [-0.05, 0) is 24.1 Å². The maximum absolute atomic E-state index is 12.3. The summed E-state index contributed by atoms with van der Waals surface area (Å²) >= 11 is 0. The number of hydrogen-bond donors (Lipinski definition) is 0. The molecule has 0 spiro atoms. The van der Waals surface area contributed by atoms with E-state index in [1.54, 1.807) is 13.0 Å². The molecule has 0 saturated heterocycles. The van der Waals surface area contributed by atoms with Crippen LogP contribution in [0.5, 0.6) is 0 Å². The largest absolute Gasteiger partial charge is 0.443 e. The molecule has 0 fully saturated rings. The van der Waals surface area contributed by atoms with Crippen molar-refractivity contribution in [2.75, 3.05) is 0 Å². The maximum atomic E-state index is 12.3. The number of nitrogens with zero attached hydrogens (tertiary/aromatic N) is 1. The molecule has 0 N–H and O–H groups in total. The van der Waals surface area contributed by atoms with Crippen LogP contribution in [0.2, 0.25) is 0 Å². The number of aromatic nitrogens is 1. The van der Waals surface area contributed by atoms with Gasteiger partial charge >= 0.3 is 0 Å². The minimum atomic E-state index is -0.275. The molecule has 0 aliphatic rings. The predicted octanol–water partition coefficient (Wildman–Crippen LogP) is 4.18. The van der Waals surface area contributed by atoms with E-state index in [2.05, 4.69) is 4.98 Å². The average molecular weight is 289 g/mol. The molecule has 0 atom stereocenters. The summed E-state index contributed by atoms with van der Waals surface area (Å²) in [6.45, 7) is 1.78. The molecule has 1 heterocycles. The summed E-state index contributed by atoms with van der Waals surface area (Å²) < 4.78 is 5.67. The van der Waals surface area contributed by atoms with Crippen molar-refractivity contribution in [1.29, 1.82) is 0 Å².